The zero-order chi connectivity index (χ0) is 16.5. The van der Waals surface area contributed by atoms with Crippen molar-refractivity contribution in [2.45, 2.75) is 0 Å². The molecule has 0 atom stereocenters. The number of halogens is 1. The first-order valence-electron chi connectivity index (χ1n) is 7.67. The minimum atomic E-state index is 0.655. The highest BCUT2D eigenvalue weighted by Gasteiger charge is 2.15. The van der Waals surface area contributed by atoms with E-state index in [1.807, 2.05) is 48.5 Å². The first-order valence-corrected chi connectivity index (χ1v) is 8.05. The normalized spacial score (nSPS) is 11.6. The fourth-order valence-electron chi connectivity index (χ4n) is 3.06. The summed E-state index contributed by atoms with van der Waals surface area (Å²) in [5, 5.41) is 2.82. The third kappa shape index (κ3) is 2.45. The SMILES string of the molecule is CO/C=C/c1ccccc1-c1cc(Cl)cc2oc3ccccc3c12. The van der Waals surface area contributed by atoms with Crippen LogP contribution in [0.15, 0.2) is 71.3 Å². The summed E-state index contributed by atoms with van der Waals surface area (Å²) in [4.78, 5) is 0. The monoisotopic (exact) mass is 334 g/mol. The van der Waals surface area contributed by atoms with Crippen molar-refractivity contribution < 1.29 is 9.15 Å². The molecule has 0 aliphatic carbocycles. The van der Waals surface area contributed by atoms with Crippen molar-refractivity contribution in [2.75, 3.05) is 7.11 Å². The number of rotatable bonds is 3. The van der Waals surface area contributed by atoms with Crippen LogP contribution >= 0.6 is 11.6 Å². The molecule has 4 aromatic rings. The van der Waals surface area contributed by atoms with Crippen LogP contribution in [0.2, 0.25) is 5.02 Å². The van der Waals surface area contributed by atoms with Crippen molar-refractivity contribution in [1.29, 1.82) is 0 Å². The van der Waals surface area contributed by atoms with E-state index in [9.17, 15) is 0 Å². The standard InChI is InChI=1S/C21H15ClO2/c1-23-11-10-14-6-2-3-7-16(14)18-12-15(22)13-20-21(18)17-8-4-5-9-19(17)24-20/h2-13H,1H3/b11-10+. The van der Waals surface area contributed by atoms with Gasteiger partial charge in [0, 0.05) is 21.9 Å². The Labute approximate surface area is 144 Å². The topological polar surface area (TPSA) is 22.4 Å². The third-order valence-corrected chi connectivity index (χ3v) is 4.30. The Morgan fingerprint density at radius 3 is 2.58 bits per heavy atom. The molecule has 24 heavy (non-hydrogen) atoms. The minimum Gasteiger partial charge on any atom is -0.504 e. The molecule has 1 aromatic heterocycles. The van der Waals surface area contributed by atoms with E-state index in [1.54, 1.807) is 13.4 Å². The van der Waals surface area contributed by atoms with E-state index in [0.717, 1.165) is 38.6 Å². The van der Waals surface area contributed by atoms with Crippen LogP contribution in [0.5, 0.6) is 0 Å². The number of furan rings is 1. The fraction of sp³-hybridized carbons (Fsp3) is 0.0476. The summed E-state index contributed by atoms with van der Waals surface area (Å²) in [7, 11) is 1.64. The zero-order valence-electron chi connectivity index (χ0n) is 13.1. The zero-order valence-corrected chi connectivity index (χ0v) is 13.9. The lowest BCUT2D eigenvalue weighted by molar-refractivity contribution is 0.341. The van der Waals surface area contributed by atoms with Crippen molar-refractivity contribution in [3.05, 3.63) is 77.5 Å². The molecule has 0 unspecified atom stereocenters. The Morgan fingerprint density at radius 1 is 0.917 bits per heavy atom. The lowest BCUT2D eigenvalue weighted by Gasteiger charge is -2.09. The maximum absolute atomic E-state index is 6.36. The van der Waals surface area contributed by atoms with Crippen molar-refractivity contribution >= 4 is 39.6 Å². The molecule has 0 saturated carbocycles. The fourth-order valence-corrected chi connectivity index (χ4v) is 3.27. The van der Waals surface area contributed by atoms with Gasteiger partial charge in [-0.25, -0.2) is 0 Å². The molecular weight excluding hydrogens is 320 g/mol. The molecule has 0 fully saturated rings. The number of hydrogen-bond donors (Lipinski definition) is 0. The van der Waals surface area contributed by atoms with Gasteiger partial charge in [0.1, 0.15) is 11.2 Å². The van der Waals surface area contributed by atoms with E-state index in [4.69, 9.17) is 20.8 Å². The van der Waals surface area contributed by atoms with Crippen molar-refractivity contribution in [3.8, 4) is 11.1 Å². The smallest absolute Gasteiger partial charge is 0.137 e. The van der Waals surface area contributed by atoms with Gasteiger partial charge in [0.2, 0.25) is 0 Å². The Kier molecular flexibility index (Phi) is 3.75. The summed E-state index contributed by atoms with van der Waals surface area (Å²) >= 11 is 6.36. The van der Waals surface area contributed by atoms with Crippen molar-refractivity contribution in [2.24, 2.45) is 0 Å². The van der Waals surface area contributed by atoms with Crippen LogP contribution in [-0.4, -0.2) is 7.11 Å². The second-order valence-electron chi connectivity index (χ2n) is 5.55. The van der Waals surface area contributed by atoms with Gasteiger partial charge in [-0.15, -0.1) is 0 Å². The van der Waals surface area contributed by atoms with Crippen LogP contribution in [-0.2, 0) is 4.74 Å². The van der Waals surface area contributed by atoms with Crippen LogP contribution in [0, 0.1) is 0 Å². The maximum Gasteiger partial charge on any atom is 0.137 e. The van der Waals surface area contributed by atoms with Gasteiger partial charge in [-0.05, 0) is 34.9 Å². The molecular formula is C21H15ClO2. The first-order chi connectivity index (χ1) is 11.8. The Balaban J connectivity index is 2.09. The third-order valence-electron chi connectivity index (χ3n) is 4.08. The molecule has 3 heteroatoms. The van der Waals surface area contributed by atoms with Crippen LogP contribution in [0.1, 0.15) is 5.56 Å². The summed E-state index contributed by atoms with van der Waals surface area (Å²) in [6.07, 6.45) is 3.62. The number of benzene rings is 3. The summed E-state index contributed by atoms with van der Waals surface area (Å²) in [5.74, 6) is 0. The highest BCUT2D eigenvalue weighted by Crippen LogP contribution is 2.39. The molecule has 0 saturated heterocycles. The Hall–Kier alpha value is -2.71. The van der Waals surface area contributed by atoms with Crippen LogP contribution < -0.4 is 0 Å². The van der Waals surface area contributed by atoms with E-state index in [1.165, 1.54) is 0 Å². The van der Waals surface area contributed by atoms with Crippen molar-refractivity contribution in [1.82, 2.24) is 0 Å². The second kappa shape index (κ2) is 6.06. The van der Waals surface area contributed by atoms with Gasteiger partial charge in [0.05, 0.1) is 13.4 Å². The van der Waals surface area contributed by atoms with Gasteiger partial charge in [-0.2, -0.15) is 0 Å². The van der Waals surface area contributed by atoms with Gasteiger partial charge in [0.25, 0.3) is 0 Å². The lowest BCUT2D eigenvalue weighted by atomic mass is 9.95. The Morgan fingerprint density at radius 2 is 1.71 bits per heavy atom. The molecule has 0 aliphatic heterocycles. The van der Waals surface area contributed by atoms with E-state index < -0.39 is 0 Å². The van der Waals surface area contributed by atoms with E-state index in [-0.39, 0.29) is 0 Å². The van der Waals surface area contributed by atoms with Crippen LogP contribution in [0.4, 0.5) is 0 Å². The number of fused-ring (bicyclic) bond motifs is 3. The molecule has 0 amide bonds. The molecule has 4 rings (SSSR count). The van der Waals surface area contributed by atoms with Crippen LogP contribution in [0.3, 0.4) is 0 Å². The summed E-state index contributed by atoms with van der Waals surface area (Å²) < 4.78 is 11.1. The Bertz CT molecular complexity index is 1060. The molecule has 0 radical (unpaired) electrons. The average molecular weight is 335 g/mol. The summed E-state index contributed by atoms with van der Waals surface area (Å²) in [6, 6.07) is 20.1. The molecule has 3 aromatic carbocycles. The predicted molar refractivity (Wildman–Crippen MR) is 100 cm³/mol. The summed E-state index contributed by atoms with van der Waals surface area (Å²) in [6.45, 7) is 0. The second-order valence-corrected chi connectivity index (χ2v) is 5.99. The van der Waals surface area contributed by atoms with Gasteiger partial charge >= 0.3 is 0 Å². The van der Waals surface area contributed by atoms with Gasteiger partial charge in [0.15, 0.2) is 0 Å². The maximum atomic E-state index is 6.36. The minimum absolute atomic E-state index is 0.655. The highest BCUT2D eigenvalue weighted by molar-refractivity contribution is 6.32. The van der Waals surface area contributed by atoms with Gasteiger partial charge < -0.3 is 9.15 Å². The molecule has 0 spiro atoms. The van der Waals surface area contributed by atoms with Gasteiger partial charge in [-0.1, -0.05) is 54.1 Å². The predicted octanol–water partition coefficient (Wildman–Crippen LogP) is 6.52. The number of ether oxygens (including phenoxy) is 1. The number of hydrogen-bond acceptors (Lipinski definition) is 2. The van der Waals surface area contributed by atoms with E-state index >= 15 is 0 Å². The summed E-state index contributed by atoms with van der Waals surface area (Å²) in [5.41, 5.74) is 4.86. The highest BCUT2D eigenvalue weighted by atomic mass is 35.5. The largest absolute Gasteiger partial charge is 0.504 e. The average Bonchev–Trinajstić information content (AvgIpc) is 2.97. The van der Waals surface area contributed by atoms with Crippen LogP contribution in [0.25, 0.3) is 39.1 Å². The number of methoxy groups -OCH3 is 1. The molecule has 118 valence electrons. The first kappa shape index (κ1) is 14.9. The van der Waals surface area contributed by atoms with Gasteiger partial charge in [-0.3, -0.25) is 0 Å². The molecule has 0 bridgehead atoms. The lowest BCUT2D eigenvalue weighted by Crippen LogP contribution is -1.85. The van der Waals surface area contributed by atoms with Crippen molar-refractivity contribution in [3.63, 3.8) is 0 Å². The quantitative estimate of drug-likeness (QED) is 0.398. The molecule has 1 heterocycles. The van der Waals surface area contributed by atoms with E-state index in [2.05, 4.69) is 18.2 Å². The van der Waals surface area contributed by atoms with E-state index in [0.29, 0.717) is 5.02 Å². The molecule has 2 nitrogen and oxygen atoms in total. The molecule has 0 N–H and O–H groups in total. The number of para-hydroxylation sites is 1. The molecule has 0 aliphatic rings.